The van der Waals surface area contributed by atoms with E-state index in [4.69, 9.17) is 10.00 Å². The van der Waals surface area contributed by atoms with E-state index in [1.165, 1.54) is 7.11 Å². The molecule has 0 unspecified atom stereocenters. The number of carbonyl (C=O) groups is 1. The predicted molar refractivity (Wildman–Crippen MR) is 123 cm³/mol. The fourth-order valence-corrected chi connectivity index (χ4v) is 4.68. The molecule has 0 aliphatic heterocycles. The molecular weight excluding hydrogens is 426 g/mol. The summed E-state index contributed by atoms with van der Waals surface area (Å²) in [4.78, 5) is 12.5. The van der Waals surface area contributed by atoms with E-state index in [2.05, 4.69) is 16.7 Å². The minimum absolute atomic E-state index is 0.0278. The molecule has 7 nitrogen and oxygen atoms in total. The third-order valence-corrected chi connectivity index (χ3v) is 6.61. The van der Waals surface area contributed by atoms with Gasteiger partial charge < -0.3 is 15.4 Å². The number of amides is 1. The number of nitrogens with one attached hydrogen (secondary N) is 2. The van der Waals surface area contributed by atoms with Crippen molar-refractivity contribution in [3.63, 3.8) is 0 Å². The number of nitrogens with zero attached hydrogens (tertiary/aromatic N) is 1. The number of methoxy groups -OCH3 is 1. The van der Waals surface area contributed by atoms with Gasteiger partial charge in [0, 0.05) is 5.69 Å². The van der Waals surface area contributed by atoms with Crippen LogP contribution in [0.15, 0.2) is 76.5 Å². The second-order valence-corrected chi connectivity index (χ2v) is 8.97. The number of benzene rings is 3. The van der Waals surface area contributed by atoms with Gasteiger partial charge in [-0.25, -0.2) is 8.42 Å². The van der Waals surface area contributed by atoms with E-state index in [9.17, 15) is 13.2 Å². The van der Waals surface area contributed by atoms with E-state index >= 15 is 0 Å². The standard InChI is InChI=1S/C24H23N3O4S/c1-17-6-12-20(13-7-17)32(29,30)24-21(4-3-5-22(24)31-2)26-16-23(28)27-19-10-8-18(9-11-19)14-15-25/h3-13,26H,14,16H2,1-2H3,(H,27,28). The Labute approximate surface area is 187 Å². The Hall–Kier alpha value is -3.83. The molecule has 0 fully saturated rings. The number of sulfone groups is 1. The number of hydrogen-bond acceptors (Lipinski definition) is 6. The maximum Gasteiger partial charge on any atom is 0.243 e. The minimum Gasteiger partial charge on any atom is -0.495 e. The molecule has 2 N–H and O–H groups in total. The van der Waals surface area contributed by atoms with E-state index in [1.807, 2.05) is 6.92 Å². The summed E-state index contributed by atoms with van der Waals surface area (Å²) >= 11 is 0. The number of hydrogen-bond donors (Lipinski definition) is 2. The molecule has 0 radical (unpaired) electrons. The lowest BCUT2D eigenvalue weighted by atomic mass is 10.1. The van der Waals surface area contributed by atoms with Crippen LogP contribution in [0.1, 0.15) is 11.1 Å². The highest BCUT2D eigenvalue weighted by atomic mass is 32.2. The largest absolute Gasteiger partial charge is 0.495 e. The average molecular weight is 450 g/mol. The Morgan fingerprint density at radius 2 is 1.72 bits per heavy atom. The highest BCUT2D eigenvalue weighted by Crippen LogP contribution is 2.35. The quantitative estimate of drug-likeness (QED) is 0.539. The van der Waals surface area contributed by atoms with Crippen LogP contribution in [0.4, 0.5) is 11.4 Å². The molecule has 0 spiro atoms. The van der Waals surface area contributed by atoms with Gasteiger partial charge in [-0.15, -0.1) is 0 Å². The van der Waals surface area contributed by atoms with Crippen molar-refractivity contribution in [2.24, 2.45) is 0 Å². The zero-order chi connectivity index (χ0) is 23.1. The molecule has 0 saturated carbocycles. The molecule has 0 aliphatic carbocycles. The summed E-state index contributed by atoms with van der Waals surface area (Å²) in [6.07, 6.45) is 0.295. The van der Waals surface area contributed by atoms with Crippen LogP contribution in [-0.2, 0) is 21.1 Å². The number of rotatable bonds is 8. The van der Waals surface area contributed by atoms with Gasteiger partial charge in [0.15, 0.2) is 0 Å². The SMILES string of the molecule is COc1cccc(NCC(=O)Nc2ccc(CC#N)cc2)c1S(=O)(=O)c1ccc(C)cc1. The lowest BCUT2D eigenvalue weighted by Crippen LogP contribution is -2.22. The van der Waals surface area contributed by atoms with Gasteiger partial charge >= 0.3 is 0 Å². The molecule has 0 saturated heterocycles. The van der Waals surface area contributed by atoms with Crippen molar-refractivity contribution in [2.45, 2.75) is 23.1 Å². The lowest BCUT2D eigenvalue weighted by Gasteiger charge is -2.16. The first-order valence-electron chi connectivity index (χ1n) is 9.83. The molecule has 8 heteroatoms. The number of nitriles is 1. The van der Waals surface area contributed by atoms with Crippen molar-refractivity contribution < 1.29 is 17.9 Å². The van der Waals surface area contributed by atoms with E-state index in [1.54, 1.807) is 66.7 Å². The van der Waals surface area contributed by atoms with Gasteiger partial charge in [-0.1, -0.05) is 35.9 Å². The van der Waals surface area contributed by atoms with Crippen molar-refractivity contribution in [3.05, 3.63) is 77.9 Å². The van der Waals surface area contributed by atoms with E-state index in [0.29, 0.717) is 12.1 Å². The summed E-state index contributed by atoms with van der Waals surface area (Å²) in [5, 5.41) is 14.4. The average Bonchev–Trinajstić information content (AvgIpc) is 2.79. The van der Waals surface area contributed by atoms with Gasteiger partial charge in [0.2, 0.25) is 15.7 Å². The Bertz CT molecular complexity index is 1250. The monoisotopic (exact) mass is 449 g/mol. The highest BCUT2D eigenvalue weighted by molar-refractivity contribution is 7.91. The van der Waals surface area contributed by atoms with Gasteiger partial charge in [0.05, 0.1) is 36.7 Å². The van der Waals surface area contributed by atoms with E-state index in [0.717, 1.165) is 11.1 Å². The number of aryl methyl sites for hydroxylation is 1. The molecule has 0 aromatic heterocycles. The molecule has 0 bridgehead atoms. The van der Waals surface area contributed by atoms with Crippen molar-refractivity contribution in [2.75, 3.05) is 24.3 Å². The maximum absolute atomic E-state index is 13.3. The van der Waals surface area contributed by atoms with Crippen LogP contribution in [0.2, 0.25) is 0 Å². The summed E-state index contributed by atoms with van der Waals surface area (Å²) in [5.41, 5.74) is 2.65. The van der Waals surface area contributed by atoms with Crippen LogP contribution >= 0.6 is 0 Å². The van der Waals surface area contributed by atoms with Crippen LogP contribution in [0.3, 0.4) is 0 Å². The Morgan fingerprint density at radius 3 is 2.34 bits per heavy atom. The first-order chi connectivity index (χ1) is 15.3. The zero-order valence-corrected chi connectivity index (χ0v) is 18.6. The maximum atomic E-state index is 13.3. The molecule has 0 heterocycles. The zero-order valence-electron chi connectivity index (χ0n) is 17.8. The number of carbonyl (C=O) groups excluding carboxylic acids is 1. The second-order valence-electron chi connectivity index (χ2n) is 7.09. The normalized spacial score (nSPS) is 10.8. The Kier molecular flexibility index (Phi) is 7.13. The second kappa shape index (κ2) is 9.98. The van der Waals surface area contributed by atoms with Crippen LogP contribution in [0.25, 0.3) is 0 Å². The van der Waals surface area contributed by atoms with Crippen molar-refractivity contribution in [3.8, 4) is 11.8 Å². The lowest BCUT2D eigenvalue weighted by molar-refractivity contribution is -0.114. The molecular formula is C24H23N3O4S. The summed E-state index contributed by atoms with van der Waals surface area (Å²) in [6, 6.07) is 20.4. The number of ether oxygens (including phenoxy) is 1. The summed E-state index contributed by atoms with van der Waals surface area (Å²) in [7, 11) is -2.49. The van der Waals surface area contributed by atoms with Gasteiger partial charge in [-0.05, 0) is 48.9 Å². The van der Waals surface area contributed by atoms with Crippen LogP contribution in [0.5, 0.6) is 5.75 Å². The highest BCUT2D eigenvalue weighted by Gasteiger charge is 2.26. The Balaban J connectivity index is 1.80. The summed E-state index contributed by atoms with van der Waals surface area (Å²) in [5.74, 6) is -0.163. The predicted octanol–water partition coefficient (Wildman–Crippen LogP) is 3.95. The van der Waals surface area contributed by atoms with Gasteiger partial charge in [-0.2, -0.15) is 5.26 Å². The molecule has 0 atom stereocenters. The third-order valence-electron chi connectivity index (χ3n) is 4.76. The fraction of sp³-hybridized carbons (Fsp3) is 0.167. The van der Waals surface area contributed by atoms with E-state index < -0.39 is 9.84 Å². The van der Waals surface area contributed by atoms with Crippen LogP contribution < -0.4 is 15.4 Å². The van der Waals surface area contributed by atoms with E-state index in [-0.39, 0.29) is 33.7 Å². The molecule has 32 heavy (non-hydrogen) atoms. The van der Waals surface area contributed by atoms with Crippen LogP contribution in [-0.4, -0.2) is 28.0 Å². The fourth-order valence-electron chi connectivity index (χ4n) is 3.11. The number of anilines is 2. The molecule has 3 aromatic rings. The van der Waals surface area contributed by atoms with Crippen molar-refractivity contribution in [1.82, 2.24) is 0 Å². The van der Waals surface area contributed by atoms with Crippen LogP contribution in [0, 0.1) is 18.3 Å². The molecule has 0 aliphatic rings. The van der Waals surface area contributed by atoms with Crippen molar-refractivity contribution >= 4 is 27.1 Å². The van der Waals surface area contributed by atoms with Gasteiger partial charge in [0.1, 0.15) is 10.6 Å². The minimum atomic E-state index is -3.89. The smallest absolute Gasteiger partial charge is 0.243 e. The molecule has 164 valence electrons. The third kappa shape index (κ3) is 5.25. The molecule has 3 rings (SSSR count). The molecule has 1 amide bonds. The van der Waals surface area contributed by atoms with Crippen molar-refractivity contribution in [1.29, 1.82) is 5.26 Å². The van der Waals surface area contributed by atoms with Gasteiger partial charge in [-0.3, -0.25) is 4.79 Å². The topological polar surface area (TPSA) is 108 Å². The Morgan fingerprint density at radius 1 is 1.03 bits per heavy atom. The molecule has 3 aromatic carbocycles. The summed E-state index contributed by atoms with van der Waals surface area (Å²) in [6.45, 7) is 1.73. The summed E-state index contributed by atoms with van der Waals surface area (Å²) < 4.78 is 32.0. The van der Waals surface area contributed by atoms with Gasteiger partial charge in [0.25, 0.3) is 0 Å². The first-order valence-corrected chi connectivity index (χ1v) is 11.3. The first kappa shape index (κ1) is 22.8.